The summed E-state index contributed by atoms with van der Waals surface area (Å²) in [5, 5.41) is 19.6. The van der Waals surface area contributed by atoms with Crippen LogP contribution >= 0.6 is 0 Å². The summed E-state index contributed by atoms with van der Waals surface area (Å²) in [7, 11) is 0. The van der Waals surface area contributed by atoms with Crippen LogP contribution in [0.25, 0.3) is 5.69 Å². The lowest BCUT2D eigenvalue weighted by Crippen LogP contribution is -2.05. The lowest BCUT2D eigenvalue weighted by atomic mass is 10.1. The molecule has 1 aromatic carbocycles. The number of rotatable bonds is 3. The van der Waals surface area contributed by atoms with Crippen LogP contribution in [0.15, 0.2) is 36.9 Å². The number of hydrogen-bond acceptors (Lipinski definition) is 4. The van der Waals surface area contributed by atoms with Crippen molar-refractivity contribution in [2.45, 2.75) is 0 Å². The molecule has 0 saturated heterocycles. The number of benzene rings is 1. The van der Waals surface area contributed by atoms with Crippen LogP contribution in [0.3, 0.4) is 0 Å². The maximum Gasteiger partial charge on any atom is 0.338 e. The molecule has 2 rings (SSSR count). The summed E-state index contributed by atoms with van der Waals surface area (Å²) in [4.78, 5) is 24.8. The SMILES string of the molecule is O=C(O)c1cc([N+](=O)[O-])ccc1-n1ccnc1. The van der Waals surface area contributed by atoms with E-state index in [-0.39, 0.29) is 11.3 Å². The molecule has 2 aromatic rings. The molecule has 1 heterocycles. The molecule has 0 radical (unpaired) electrons. The molecule has 0 unspecified atom stereocenters. The fourth-order valence-corrected chi connectivity index (χ4v) is 1.44. The average molecular weight is 233 g/mol. The van der Waals surface area contributed by atoms with Gasteiger partial charge in [-0.05, 0) is 6.07 Å². The molecular formula is C10H7N3O4. The molecule has 0 spiro atoms. The van der Waals surface area contributed by atoms with Crippen LogP contribution in [0.4, 0.5) is 5.69 Å². The van der Waals surface area contributed by atoms with Gasteiger partial charge in [0, 0.05) is 24.5 Å². The Bertz CT molecular complexity index is 577. The Labute approximate surface area is 95.1 Å². The Morgan fingerprint density at radius 1 is 1.47 bits per heavy atom. The fraction of sp³-hybridized carbons (Fsp3) is 0. The first kappa shape index (κ1) is 10.8. The van der Waals surface area contributed by atoms with Gasteiger partial charge in [0.1, 0.15) is 0 Å². The molecule has 0 aliphatic carbocycles. The van der Waals surface area contributed by atoms with Crippen LogP contribution in [0.2, 0.25) is 0 Å². The largest absolute Gasteiger partial charge is 0.478 e. The molecular weight excluding hydrogens is 226 g/mol. The highest BCUT2D eigenvalue weighted by molar-refractivity contribution is 5.92. The summed E-state index contributed by atoms with van der Waals surface area (Å²) in [5.41, 5.74) is -0.0657. The molecule has 0 bridgehead atoms. The zero-order valence-electron chi connectivity index (χ0n) is 8.48. The highest BCUT2D eigenvalue weighted by Crippen LogP contribution is 2.21. The average Bonchev–Trinajstić information content (AvgIpc) is 2.81. The highest BCUT2D eigenvalue weighted by Gasteiger charge is 2.16. The number of carboxylic acids is 1. The summed E-state index contributed by atoms with van der Waals surface area (Å²) in [6.45, 7) is 0. The van der Waals surface area contributed by atoms with E-state index in [1.54, 1.807) is 6.20 Å². The van der Waals surface area contributed by atoms with Gasteiger partial charge in [-0.25, -0.2) is 9.78 Å². The minimum absolute atomic E-state index is 0.141. The monoisotopic (exact) mass is 233 g/mol. The maximum absolute atomic E-state index is 11.0. The van der Waals surface area contributed by atoms with E-state index in [0.717, 1.165) is 6.07 Å². The Hall–Kier alpha value is -2.70. The van der Waals surface area contributed by atoms with Crippen molar-refractivity contribution in [3.05, 3.63) is 52.6 Å². The highest BCUT2D eigenvalue weighted by atomic mass is 16.6. The lowest BCUT2D eigenvalue weighted by Gasteiger charge is -2.06. The Balaban J connectivity index is 2.61. The molecule has 0 amide bonds. The van der Waals surface area contributed by atoms with Gasteiger partial charge in [0.25, 0.3) is 5.69 Å². The van der Waals surface area contributed by atoms with Gasteiger partial charge in [-0.1, -0.05) is 0 Å². The minimum Gasteiger partial charge on any atom is -0.478 e. The number of nitro groups is 1. The Morgan fingerprint density at radius 3 is 2.76 bits per heavy atom. The van der Waals surface area contributed by atoms with Crippen molar-refractivity contribution < 1.29 is 14.8 Å². The van der Waals surface area contributed by atoms with Gasteiger partial charge in [-0.2, -0.15) is 0 Å². The zero-order valence-corrected chi connectivity index (χ0v) is 8.48. The summed E-state index contributed by atoms with van der Waals surface area (Å²) < 4.78 is 1.48. The molecule has 0 aliphatic rings. The second-order valence-electron chi connectivity index (χ2n) is 3.23. The molecule has 0 saturated carbocycles. The predicted octanol–water partition coefficient (Wildman–Crippen LogP) is 1.48. The van der Waals surface area contributed by atoms with E-state index in [1.807, 2.05) is 0 Å². The van der Waals surface area contributed by atoms with Crippen molar-refractivity contribution in [1.82, 2.24) is 9.55 Å². The van der Waals surface area contributed by atoms with Crippen LogP contribution in [0, 0.1) is 10.1 Å². The van der Waals surface area contributed by atoms with E-state index in [0.29, 0.717) is 5.69 Å². The van der Waals surface area contributed by atoms with Crippen LogP contribution in [-0.2, 0) is 0 Å². The van der Waals surface area contributed by atoms with E-state index in [9.17, 15) is 14.9 Å². The molecule has 86 valence electrons. The number of aromatic carboxylic acids is 1. The number of nitro benzene ring substituents is 1. The first-order valence-electron chi connectivity index (χ1n) is 4.59. The Kier molecular flexibility index (Phi) is 2.57. The third-order valence-corrected chi connectivity index (χ3v) is 2.20. The molecule has 0 fully saturated rings. The van der Waals surface area contributed by atoms with Gasteiger partial charge < -0.3 is 9.67 Å². The number of aromatic nitrogens is 2. The third-order valence-electron chi connectivity index (χ3n) is 2.20. The molecule has 1 aromatic heterocycles. The molecule has 0 atom stereocenters. The summed E-state index contributed by atoms with van der Waals surface area (Å²) in [6, 6.07) is 3.66. The number of hydrogen-bond donors (Lipinski definition) is 1. The standard InChI is InChI=1S/C10H7N3O4/c14-10(15)8-5-7(13(16)17)1-2-9(8)12-4-3-11-6-12/h1-6H,(H,14,15). The van der Waals surface area contributed by atoms with Crippen LogP contribution in [-0.4, -0.2) is 25.6 Å². The number of non-ortho nitro benzene ring substituents is 1. The van der Waals surface area contributed by atoms with E-state index in [4.69, 9.17) is 5.11 Å². The van der Waals surface area contributed by atoms with Crippen molar-refractivity contribution in [2.24, 2.45) is 0 Å². The number of carbonyl (C=O) groups is 1. The fourth-order valence-electron chi connectivity index (χ4n) is 1.44. The predicted molar refractivity (Wildman–Crippen MR) is 57.2 cm³/mol. The van der Waals surface area contributed by atoms with Gasteiger partial charge in [-0.15, -0.1) is 0 Å². The van der Waals surface area contributed by atoms with E-state index < -0.39 is 10.9 Å². The summed E-state index contributed by atoms with van der Waals surface area (Å²) in [6.07, 6.45) is 4.48. The van der Waals surface area contributed by atoms with Crippen LogP contribution in [0.1, 0.15) is 10.4 Å². The number of imidazole rings is 1. The summed E-state index contributed by atoms with van der Waals surface area (Å²) in [5.74, 6) is -1.22. The first-order valence-corrected chi connectivity index (χ1v) is 4.59. The topological polar surface area (TPSA) is 98.3 Å². The zero-order chi connectivity index (χ0) is 12.4. The first-order chi connectivity index (χ1) is 8.09. The molecule has 7 heteroatoms. The minimum atomic E-state index is -1.22. The second kappa shape index (κ2) is 4.05. The van der Waals surface area contributed by atoms with Gasteiger partial charge in [0.15, 0.2) is 0 Å². The van der Waals surface area contributed by atoms with Crippen molar-refractivity contribution in [3.8, 4) is 5.69 Å². The van der Waals surface area contributed by atoms with E-state index in [2.05, 4.69) is 4.98 Å². The quantitative estimate of drug-likeness (QED) is 0.639. The van der Waals surface area contributed by atoms with E-state index >= 15 is 0 Å². The van der Waals surface area contributed by atoms with Gasteiger partial charge in [0.05, 0.1) is 22.5 Å². The normalized spacial score (nSPS) is 10.1. The van der Waals surface area contributed by atoms with Gasteiger partial charge >= 0.3 is 5.97 Å². The van der Waals surface area contributed by atoms with Crippen molar-refractivity contribution in [2.75, 3.05) is 0 Å². The van der Waals surface area contributed by atoms with Crippen molar-refractivity contribution in [1.29, 1.82) is 0 Å². The smallest absolute Gasteiger partial charge is 0.338 e. The molecule has 0 aliphatic heterocycles. The van der Waals surface area contributed by atoms with Crippen LogP contribution < -0.4 is 0 Å². The lowest BCUT2D eigenvalue weighted by molar-refractivity contribution is -0.384. The van der Waals surface area contributed by atoms with Crippen molar-refractivity contribution in [3.63, 3.8) is 0 Å². The number of nitrogens with zero attached hydrogens (tertiary/aromatic N) is 3. The van der Waals surface area contributed by atoms with Gasteiger partial charge in [0.2, 0.25) is 0 Å². The van der Waals surface area contributed by atoms with E-state index in [1.165, 1.54) is 29.2 Å². The summed E-state index contributed by atoms with van der Waals surface area (Å²) >= 11 is 0. The molecule has 7 nitrogen and oxygen atoms in total. The van der Waals surface area contributed by atoms with Gasteiger partial charge in [-0.3, -0.25) is 10.1 Å². The maximum atomic E-state index is 11.0. The second-order valence-corrected chi connectivity index (χ2v) is 3.23. The molecule has 17 heavy (non-hydrogen) atoms. The third kappa shape index (κ3) is 1.98. The Morgan fingerprint density at radius 2 is 2.24 bits per heavy atom. The van der Waals surface area contributed by atoms with Crippen LogP contribution in [0.5, 0.6) is 0 Å². The van der Waals surface area contributed by atoms with Crippen molar-refractivity contribution >= 4 is 11.7 Å². The molecule has 1 N–H and O–H groups in total. The number of carboxylic acid groups (broad SMARTS) is 1.